The van der Waals surface area contributed by atoms with Gasteiger partial charge in [0.15, 0.2) is 0 Å². The minimum atomic E-state index is -0.386. The fourth-order valence-electron chi connectivity index (χ4n) is 3.00. The number of nitrogens with one attached hydrogen (secondary N) is 1. The molecule has 1 atom stereocenters. The minimum Gasteiger partial charge on any atom is -0.461 e. The fraction of sp³-hybridized carbons (Fsp3) is 0.387. The summed E-state index contributed by atoms with van der Waals surface area (Å²) in [4.78, 5) is 27.8. The van der Waals surface area contributed by atoms with E-state index in [0.717, 1.165) is 38.5 Å². The number of amides is 1. The summed E-state index contributed by atoms with van der Waals surface area (Å²) in [5.41, 5.74) is 0.480. The average molecular weight is 491 g/mol. The van der Waals surface area contributed by atoms with Crippen molar-refractivity contribution in [3.8, 4) is 0 Å². The summed E-state index contributed by atoms with van der Waals surface area (Å²) in [5, 5.41) is 2.74. The van der Waals surface area contributed by atoms with Gasteiger partial charge >= 0.3 is 5.97 Å². The first kappa shape index (κ1) is 30.6. The molecule has 0 aliphatic rings. The molecule has 0 saturated carbocycles. The maximum Gasteiger partial charge on any atom is 0.306 e. The molecule has 1 heterocycles. The molecule has 0 aliphatic carbocycles. The summed E-state index contributed by atoms with van der Waals surface area (Å²) in [6.07, 6.45) is 35.4. The summed E-state index contributed by atoms with van der Waals surface area (Å²) in [5.74, 6) is -0.498. The quantitative estimate of drug-likeness (QED) is 0.174. The van der Waals surface area contributed by atoms with Crippen molar-refractivity contribution in [2.45, 2.75) is 71.3 Å². The molecule has 5 heteroatoms. The molecule has 0 spiro atoms. The minimum absolute atomic E-state index is 0.232. The van der Waals surface area contributed by atoms with Crippen molar-refractivity contribution in [2.75, 3.05) is 6.54 Å². The van der Waals surface area contributed by atoms with Gasteiger partial charge in [0, 0.05) is 18.8 Å². The number of aromatic nitrogens is 1. The lowest BCUT2D eigenvalue weighted by Crippen LogP contribution is -2.33. The highest BCUT2D eigenvalue weighted by Crippen LogP contribution is 2.01. The monoisotopic (exact) mass is 490 g/mol. The first-order chi connectivity index (χ1) is 17.6. The van der Waals surface area contributed by atoms with E-state index in [0.29, 0.717) is 18.4 Å². The van der Waals surface area contributed by atoms with Crippen LogP contribution in [0.5, 0.6) is 0 Å². The topological polar surface area (TPSA) is 68.3 Å². The molecule has 0 saturated heterocycles. The molecule has 1 N–H and O–H groups in total. The van der Waals surface area contributed by atoms with Crippen molar-refractivity contribution < 1.29 is 14.3 Å². The number of allylic oxidation sites excluding steroid dienone is 12. The fourth-order valence-corrected chi connectivity index (χ4v) is 3.00. The molecule has 0 bridgehead atoms. The average Bonchev–Trinajstić information content (AvgIpc) is 2.89. The Morgan fingerprint density at radius 1 is 0.861 bits per heavy atom. The Hall–Kier alpha value is -3.47. The van der Waals surface area contributed by atoms with E-state index in [9.17, 15) is 9.59 Å². The Balaban J connectivity index is 2.02. The Bertz CT molecular complexity index is 896. The second-order valence-corrected chi connectivity index (χ2v) is 8.21. The van der Waals surface area contributed by atoms with Crippen LogP contribution in [0.25, 0.3) is 0 Å². The second kappa shape index (κ2) is 22.0. The largest absolute Gasteiger partial charge is 0.461 e. The third kappa shape index (κ3) is 17.9. The van der Waals surface area contributed by atoms with Crippen LogP contribution in [-0.2, 0) is 9.53 Å². The van der Waals surface area contributed by atoms with Crippen LogP contribution < -0.4 is 5.32 Å². The normalized spacial score (nSPS) is 13.2. The van der Waals surface area contributed by atoms with Crippen LogP contribution in [0, 0.1) is 0 Å². The number of esters is 1. The number of ether oxygens (including phenoxy) is 1. The predicted molar refractivity (Wildman–Crippen MR) is 150 cm³/mol. The van der Waals surface area contributed by atoms with Crippen LogP contribution in [0.4, 0.5) is 0 Å². The summed E-state index contributed by atoms with van der Waals surface area (Å²) >= 11 is 0. The molecule has 0 aliphatic heterocycles. The molecule has 0 radical (unpaired) electrons. The first-order valence-electron chi connectivity index (χ1n) is 12.9. The first-order valence-corrected chi connectivity index (χ1v) is 12.9. The van der Waals surface area contributed by atoms with E-state index in [1.165, 1.54) is 6.20 Å². The Kier molecular flexibility index (Phi) is 18.7. The van der Waals surface area contributed by atoms with Crippen molar-refractivity contribution in [3.63, 3.8) is 0 Å². The van der Waals surface area contributed by atoms with Gasteiger partial charge in [-0.15, -0.1) is 0 Å². The van der Waals surface area contributed by atoms with Gasteiger partial charge in [-0.3, -0.25) is 14.6 Å². The van der Waals surface area contributed by atoms with E-state index in [4.69, 9.17) is 4.74 Å². The number of rotatable bonds is 18. The van der Waals surface area contributed by atoms with Gasteiger partial charge in [0.05, 0.1) is 12.1 Å². The van der Waals surface area contributed by atoms with Crippen LogP contribution in [0.3, 0.4) is 0 Å². The lowest BCUT2D eigenvalue weighted by molar-refractivity contribution is -0.147. The maximum absolute atomic E-state index is 12.0. The van der Waals surface area contributed by atoms with Crippen molar-refractivity contribution >= 4 is 11.9 Å². The number of carbonyl (C=O) groups excluding carboxylic acids is 2. The molecule has 1 aromatic heterocycles. The number of hydrogen-bond donors (Lipinski definition) is 1. The molecule has 1 aromatic rings. The van der Waals surface area contributed by atoms with Gasteiger partial charge in [-0.05, 0) is 64.0 Å². The smallest absolute Gasteiger partial charge is 0.306 e. The summed E-state index contributed by atoms with van der Waals surface area (Å²) < 4.78 is 5.34. The van der Waals surface area contributed by atoms with Crippen molar-refractivity contribution in [1.82, 2.24) is 10.3 Å². The third-order valence-electron chi connectivity index (χ3n) is 4.92. The number of hydrogen-bond acceptors (Lipinski definition) is 4. The zero-order valence-electron chi connectivity index (χ0n) is 21.9. The SMILES string of the molecule is CCC=CCC=CCC=CCC=CCC=CCC=CCCC(=O)OC(C)CNC(=O)c1cccnc1. The molecule has 0 aromatic carbocycles. The zero-order valence-corrected chi connectivity index (χ0v) is 21.9. The highest BCUT2D eigenvalue weighted by molar-refractivity contribution is 5.93. The van der Waals surface area contributed by atoms with Crippen molar-refractivity contribution in [1.29, 1.82) is 0 Å². The van der Waals surface area contributed by atoms with Gasteiger partial charge in [-0.2, -0.15) is 0 Å². The second-order valence-electron chi connectivity index (χ2n) is 8.21. The molecule has 36 heavy (non-hydrogen) atoms. The van der Waals surface area contributed by atoms with E-state index in [1.54, 1.807) is 25.3 Å². The van der Waals surface area contributed by atoms with Crippen LogP contribution >= 0.6 is 0 Å². The number of pyridine rings is 1. The lowest BCUT2D eigenvalue weighted by atomic mass is 10.2. The van der Waals surface area contributed by atoms with E-state index >= 15 is 0 Å². The Morgan fingerprint density at radius 2 is 1.39 bits per heavy atom. The van der Waals surface area contributed by atoms with Gasteiger partial charge in [-0.1, -0.05) is 79.8 Å². The highest BCUT2D eigenvalue weighted by atomic mass is 16.5. The zero-order chi connectivity index (χ0) is 26.1. The molecule has 194 valence electrons. The maximum atomic E-state index is 12.0. The van der Waals surface area contributed by atoms with Crippen LogP contribution in [0.15, 0.2) is 97.4 Å². The molecule has 1 amide bonds. The molecule has 1 unspecified atom stereocenters. The van der Waals surface area contributed by atoms with Gasteiger partial charge in [0.2, 0.25) is 0 Å². The Morgan fingerprint density at radius 3 is 1.89 bits per heavy atom. The van der Waals surface area contributed by atoms with Gasteiger partial charge in [-0.25, -0.2) is 0 Å². The van der Waals surface area contributed by atoms with Crippen LogP contribution in [0.2, 0.25) is 0 Å². The van der Waals surface area contributed by atoms with Crippen molar-refractivity contribution in [3.05, 3.63) is 103 Å². The summed E-state index contributed by atoms with van der Waals surface area (Å²) in [7, 11) is 0. The third-order valence-corrected chi connectivity index (χ3v) is 4.92. The van der Waals surface area contributed by atoms with Gasteiger partial charge in [0.25, 0.3) is 5.91 Å². The van der Waals surface area contributed by atoms with Crippen LogP contribution in [0.1, 0.15) is 75.6 Å². The van der Waals surface area contributed by atoms with E-state index < -0.39 is 0 Å². The van der Waals surface area contributed by atoms with Crippen molar-refractivity contribution in [2.24, 2.45) is 0 Å². The molecule has 5 nitrogen and oxygen atoms in total. The molecular formula is C31H42N2O3. The predicted octanol–water partition coefficient (Wildman–Crippen LogP) is 7.22. The standard InChI is InChI=1S/C31H42N2O3/c1-3-4-5-6-7-8-9-10-11-12-13-14-15-16-17-18-19-20-21-24-30(34)36-28(2)26-33-31(35)29-23-22-25-32-27-29/h4-5,7-8,10-11,13-14,16-17,19-20,22-23,25,27-28H,3,6,9,12,15,18,21,24,26H2,1-2H3,(H,33,35). The van der Waals surface area contributed by atoms with E-state index in [2.05, 4.69) is 84.1 Å². The molecule has 1 rings (SSSR count). The Labute approximate surface area is 217 Å². The van der Waals surface area contributed by atoms with Gasteiger partial charge < -0.3 is 10.1 Å². The highest BCUT2D eigenvalue weighted by Gasteiger charge is 2.11. The van der Waals surface area contributed by atoms with Crippen LogP contribution in [-0.4, -0.2) is 29.5 Å². The molecule has 0 fully saturated rings. The lowest BCUT2D eigenvalue weighted by Gasteiger charge is -2.13. The van der Waals surface area contributed by atoms with E-state index in [-0.39, 0.29) is 24.5 Å². The summed E-state index contributed by atoms with van der Waals surface area (Å²) in [6, 6.07) is 3.39. The number of nitrogens with zero attached hydrogens (tertiary/aromatic N) is 1. The summed E-state index contributed by atoms with van der Waals surface area (Å²) in [6.45, 7) is 4.17. The molecular weight excluding hydrogens is 448 g/mol. The van der Waals surface area contributed by atoms with Gasteiger partial charge in [0.1, 0.15) is 6.10 Å². The number of carbonyl (C=O) groups is 2. The van der Waals surface area contributed by atoms with E-state index in [1.807, 2.05) is 6.08 Å².